The Kier molecular flexibility index (Phi) is 5.29. The molecule has 0 spiro atoms. The van der Waals surface area contributed by atoms with Crippen LogP contribution in [-0.4, -0.2) is 19.3 Å². The van der Waals surface area contributed by atoms with E-state index < -0.39 is 10.0 Å². The molecule has 0 aliphatic carbocycles. The summed E-state index contributed by atoms with van der Waals surface area (Å²) in [6.07, 6.45) is 0. The number of aromatic nitrogens is 1. The van der Waals surface area contributed by atoms with Crippen molar-refractivity contribution in [2.45, 2.75) is 25.7 Å². The molecule has 1 aromatic heterocycles. The van der Waals surface area contributed by atoms with Crippen LogP contribution in [0.2, 0.25) is 0 Å². The molecule has 0 fully saturated rings. The highest BCUT2D eigenvalue weighted by Crippen LogP contribution is 2.27. The lowest BCUT2D eigenvalue weighted by molar-refractivity contribution is 0.102. The fourth-order valence-corrected chi connectivity index (χ4v) is 4.72. The monoisotopic (exact) mass is 401 g/mol. The molecule has 2 aromatic carbocycles. The maximum Gasteiger partial charge on any atom is 0.267 e. The van der Waals surface area contributed by atoms with Crippen molar-refractivity contribution in [1.82, 2.24) is 4.98 Å². The quantitative estimate of drug-likeness (QED) is 0.673. The van der Waals surface area contributed by atoms with Crippen molar-refractivity contribution < 1.29 is 13.2 Å². The molecule has 0 bridgehead atoms. The summed E-state index contributed by atoms with van der Waals surface area (Å²) in [7, 11) is -3.75. The lowest BCUT2D eigenvalue weighted by Gasteiger charge is -2.10. The molecule has 0 radical (unpaired) electrons. The van der Waals surface area contributed by atoms with Gasteiger partial charge >= 0.3 is 0 Å². The number of sulfonamides is 1. The average Bonchev–Trinajstić information content (AvgIpc) is 2.98. The van der Waals surface area contributed by atoms with Crippen LogP contribution < -0.4 is 10.0 Å². The number of nitrogens with one attached hydrogen (secondary N) is 2. The van der Waals surface area contributed by atoms with Gasteiger partial charge in [-0.05, 0) is 44.0 Å². The number of carbonyl (C=O) groups excluding carboxylic acids is 1. The van der Waals surface area contributed by atoms with Crippen LogP contribution in [0.3, 0.4) is 0 Å². The molecule has 0 aliphatic heterocycles. The Morgan fingerprint density at radius 3 is 2.22 bits per heavy atom. The minimum atomic E-state index is -3.75. The van der Waals surface area contributed by atoms with Crippen LogP contribution in [0.5, 0.6) is 0 Å². The van der Waals surface area contributed by atoms with E-state index in [0.717, 1.165) is 28.2 Å². The summed E-state index contributed by atoms with van der Waals surface area (Å²) >= 11 is 1.01. The van der Waals surface area contributed by atoms with Crippen LogP contribution in [0.15, 0.2) is 53.4 Å². The third-order valence-electron chi connectivity index (χ3n) is 4.00. The van der Waals surface area contributed by atoms with Crippen LogP contribution in [0, 0.1) is 20.8 Å². The number of aryl methyl sites for hydroxylation is 3. The molecule has 8 heteroatoms. The third-order valence-corrected chi connectivity index (χ3v) is 6.55. The molecule has 140 valence electrons. The maximum atomic E-state index is 12.7. The maximum absolute atomic E-state index is 12.7. The fraction of sp³-hybridized carbons (Fsp3) is 0.158. The smallest absolute Gasteiger partial charge is 0.267 e. The molecule has 0 unspecified atom stereocenters. The predicted molar refractivity (Wildman–Crippen MR) is 108 cm³/mol. The van der Waals surface area contributed by atoms with E-state index in [4.69, 9.17) is 0 Å². The first-order valence-corrected chi connectivity index (χ1v) is 10.5. The van der Waals surface area contributed by atoms with Crippen molar-refractivity contribution >= 4 is 38.1 Å². The molecule has 1 amide bonds. The van der Waals surface area contributed by atoms with Crippen LogP contribution in [0.1, 0.15) is 26.5 Å². The average molecular weight is 402 g/mol. The van der Waals surface area contributed by atoms with Crippen LogP contribution in [0.4, 0.5) is 10.8 Å². The molecule has 0 saturated carbocycles. The number of hydrogen-bond donors (Lipinski definition) is 2. The van der Waals surface area contributed by atoms with Gasteiger partial charge in [-0.3, -0.25) is 9.52 Å². The van der Waals surface area contributed by atoms with Crippen molar-refractivity contribution in [3.05, 3.63) is 70.2 Å². The standard InChI is InChI=1S/C19H19N3O3S2/c1-12-8-7-9-13(2)16(12)21-18(23)17-14(3)20-19(26-17)22-27(24,25)15-10-5-4-6-11-15/h4-11H,1-3H3,(H,20,22)(H,21,23). The molecule has 0 saturated heterocycles. The van der Waals surface area contributed by atoms with E-state index in [1.807, 2.05) is 32.0 Å². The number of amides is 1. The molecule has 3 aromatic rings. The van der Waals surface area contributed by atoms with Gasteiger partial charge in [0.2, 0.25) is 0 Å². The summed E-state index contributed by atoms with van der Waals surface area (Å²) in [5.41, 5.74) is 3.13. The molecule has 0 aliphatic rings. The number of rotatable bonds is 5. The second-order valence-electron chi connectivity index (χ2n) is 6.07. The summed E-state index contributed by atoms with van der Waals surface area (Å²) in [5, 5.41) is 3.05. The van der Waals surface area contributed by atoms with Gasteiger partial charge in [0.1, 0.15) is 4.88 Å². The lowest BCUT2D eigenvalue weighted by atomic mass is 10.1. The summed E-state index contributed by atoms with van der Waals surface area (Å²) in [4.78, 5) is 17.4. The van der Waals surface area contributed by atoms with E-state index >= 15 is 0 Å². The highest BCUT2D eigenvalue weighted by atomic mass is 32.2. The van der Waals surface area contributed by atoms with Crippen molar-refractivity contribution in [3.8, 4) is 0 Å². The Morgan fingerprint density at radius 2 is 1.59 bits per heavy atom. The molecule has 1 heterocycles. The minimum absolute atomic E-state index is 0.138. The number of thiazole rings is 1. The second kappa shape index (κ2) is 7.50. The summed E-state index contributed by atoms with van der Waals surface area (Å²) < 4.78 is 27.3. The number of carbonyl (C=O) groups is 1. The van der Waals surface area contributed by atoms with Crippen molar-refractivity contribution in [3.63, 3.8) is 0 Å². The Labute approximate surface area is 162 Å². The number of nitrogens with zero attached hydrogens (tertiary/aromatic N) is 1. The first kappa shape index (κ1) is 19.1. The van der Waals surface area contributed by atoms with Crippen LogP contribution >= 0.6 is 11.3 Å². The second-order valence-corrected chi connectivity index (χ2v) is 8.75. The van der Waals surface area contributed by atoms with Crippen LogP contribution in [0.25, 0.3) is 0 Å². The Morgan fingerprint density at radius 1 is 0.963 bits per heavy atom. The normalized spacial score (nSPS) is 11.2. The predicted octanol–water partition coefficient (Wildman–Crippen LogP) is 4.12. The van der Waals surface area contributed by atoms with E-state index in [1.54, 1.807) is 25.1 Å². The number of anilines is 2. The summed E-state index contributed by atoms with van der Waals surface area (Å²) in [5.74, 6) is -0.312. The van der Waals surface area contributed by atoms with Gasteiger partial charge in [0, 0.05) is 5.69 Å². The van der Waals surface area contributed by atoms with Crippen molar-refractivity contribution in [2.24, 2.45) is 0 Å². The van der Waals surface area contributed by atoms with Gasteiger partial charge in [0.25, 0.3) is 15.9 Å². The minimum Gasteiger partial charge on any atom is -0.321 e. The molecular weight excluding hydrogens is 382 g/mol. The van der Waals surface area contributed by atoms with Crippen LogP contribution in [-0.2, 0) is 10.0 Å². The van der Waals surface area contributed by atoms with Gasteiger partial charge in [-0.1, -0.05) is 47.7 Å². The fourth-order valence-electron chi connectivity index (χ4n) is 2.61. The first-order valence-electron chi connectivity index (χ1n) is 8.21. The van der Waals surface area contributed by atoms with E-state index in [0.29, 0.717) is 10.6 Å². The Bertz CT molecular complexity index is 1070. The van der Waals surface area contributed by atoms with E-state index in [1.165, 1.54) is 12.1 Å². The highest BCUT2D eigenvalue weighted by Gasteiger charge is 2.20. The number of hydrogen-bond acceptors (Lipinski definition) is 5. The van der Waals surface area contributed by atoms with Gasteiger partial charge in [-0.15, -0.1) is 0 Å². The first-order chi connectivity index (χ1) is 12.8. The van der Waals surface area contributed by atoms with Gasteiger partial charge in [-0.25, -0.2) is 13.4 Å². The highest BCUT2D eigenvalue weighted by molar-refractivity contribution is 7.93. The van der Waals surface area contributed by atoms with Gasteiger partial charge < -0.3 is 5.32 Å². The molecule has 27 heavy (non-hydrogen) atoms. The Hall–Kier alpha value is -2.71. The van der Waals surface area contributed by atoms with Gasteiger partial charge in [0.15, 0.2) is 5.13 Å². The molecule has 0 atom stereocenters. The largest absolute Gasteiger partial charge is 0.321 e. The van der Waals surface area contributed by atoms with E-state index in [9.17, 15) is 13.2 Å². The van der Waals surface area contributed by atoms with Crippen molar-refractivity contribution in [2.75, 3.05) is 10.0 Å². The van der Waals surface area contributed by atoms with E-state index in [2.05, 4.69) is 15.0 Å². The van der Waals surface area contributed by atoms with Crippen molar-refractivity contribution in [1.29, 1.82) is 0 Å². The van der Waals surface area contributed by atoms with E-state index in [-0.39, 0.29) is 15.9 Å². The zero-order chi connectivity index (χ0) is 19.6. The van der Waals surface area contributed by atoms with Gasteiger partial charge in [-0.2, -0.15) is 0 Å². The summed E-state index contributed by atoms with van der Waals surface area (Å²) in [6, 6.07) is 13.8. The Balaban J connectivity index is 1.83. The molecule has 3 rings (SSSR count). The molecule has 6 nitrogen and oxygen atoms in total. The topological polar surface area (TPSA) is 88.2 Å². The number of benzene rings is 2. The SMILES string of the molecule is Cc1cccc(C)c1NC(=O)c1sc(NS(=O)(=O)c2ccccc2)nc1C. The third kappa shape index (κ3) is 4.17. The zero-order valence-electron chi connectivity index (χ0n) is 15.1. The number of para-hydroxylation sites is 1. The molecule has 2 N–H and O–H groups in total. The summed E-state index contributed by atoms with van der Waals surface area (Å²) in [6.45, 7) is 5.51. The zero-order valence-corrected chi connectivity index (χ0v) is 16.7. The van der Waals surface area contributed by atoms with Gasteiger partial charge in [0.05, 0.1) is 10.6 Å². The lowest BCUT2D eigenvalue weighted by Crippen LogP contribution is -2.13. The molecular formula is C19H19N3O3S2.